The van der Waals surface area contributed by atoms with E-state index in [1.807, 2.05) is 0 Å². The summed E-state index contributed by atoms with van der Waals surface area (Å²) >= 11 is 0. The fraction of sp³-hybridized carbons (Fsp3) is 0.750. The van der Waals surface area contributed by atoms with Crippen molar-refractivity contribution in [1.82, 2.24) is 15.1 Å². The summed E-state index contributed by atoms with van der Waals surface area (Å²) < 4.78 is 5.65. The van der Waals surface area contributed by atoms with Gasteiger partial charge in [0.15, 0.2) is 0 Å². The number of piperidine rings is 1. The largest absolute Gasteiger partial charge is 0.450 e. The molecule has 7 heteroatoms. The molecular formula is C20H33N3O4. The third-order valence-electron chi connectivity index (χ3n) is 5.46. The number of likely N-dealkylation sites (tertiary alicyclic amines) is 1. The molecule has 2 amide bonds. The van der Waals surface area contributed by atoms with Gasteiger partial charge < -0.3 is 19.9 Å². The van der Waals surface area contributed by atoms with Crippen LogP contribution >= 0.6 is 0 Å². The van der Waals surface area contributed by atoms with Crippen LogP contribution in [0.1, 0.15) is 53.4 Å². The molecule has 0 saturated carbocycles. The lowest BCUT2D eigenvalue weighted by molar-refractivity contribution is -0.152. The van der Waals surface area contributed by atoms with Crippen molar-refractivity contribution in [2.45, 2.75) is 59.0 Å². The molecule has 152 valence electrons. The first-order valence-electron chi connectivity index (χ1n) is 10.1. The SMILES string of the molecule is CCCN(CCC)CCNC(=O)C1=C(C)C(=O)OC12CCN(C(C)=O)CC2. The Bertz CT molecular complexity index is 600. The minimum atomic E-state index is -0.885. The Morgan fingerprint density at radius 2 is 1.74 bits per heavy atom. The van der Waals surface area contributed by atoms with Crippen molar-refractivity contribution >= 4 is 17.8 Å². The van der Waals surface area contributed by atoms with Crippen molar-refractivity contribution in [3.8, 4) is 0 Å². The van der Waals surface area contributed by atoms with Gasteiger partial charge in [-0.1, -0.05) is 13.8 Å². The molecule has 0 aliphatic carbocycles. The number of esters is 1. The Morgan fingerprint density at radius 1 is 1.15 bits per heavy atom. The van der Waals surface area contributed by atoms with Crippen LogP contribution in [-0.2, 0) is 19.1 Å². The molecule has 2 heterocycles. The van der Waals surface area contributed by atoms with Crippen LogP contribution in [0, 0.1) is 0 Å². The minimum Gasteiger partial charge on any atom is -0.450 e. The van der Waals surface area contributed by atoms with E-state index in [0.29, 0.717) is 43.6 Å². The smallest absolute Gasteiger partial charge is 0.335 e. The summed E-state index contributed by atoms with van der Waals surface area (Å²) in [5.74, 6) is -0.634. The van der Waals surface area contributed by atoms with Crippen molar-refractivity contribution in [3.05, 3.63) is 11.1 Å². The molecule has 0 aromatic rings. The van der Waals surface area contributed by atoms with Crippen molar-refractivity contribution < 1.29 is 19.1 Å². The van der Waals surface area contributed by atoms with Gasteiger partial charge in [0.2, 0.25) is 5.91 Å². The number of hydrogen-bond acceptors (Lipinski definition) is 5. The summed E-state index contributed by atoms with van der Waals surface area (Å²) in [5.41, 5.74) is -0.0417. The second-order valence-electron chi connectivity index (χ2n) is 7.49. The topological polar surface area (TPSA) is 79.0 Å². The van der Waals surface area contributed by atoms with Gasteiger partial charge in [0.25, 0.3) is 5.91 Å². The molecule has 0 unspecified atom stereocenters. The van der Waals surface area contributed by atoms with Crippen molar-refractivity contribution in [2.75, 3.05) is 39.3 Å². The van der Waals surface area contributed by atoms with E-state index in [9.17, 15) is 14.4 Å². The molecule has 0 radical (unpaired) electrons. The monoisotopic (exact) mass is 379 g/mol. The Morgan fingerprint density at radius 3 is 2.26 bits per heavy atom. The number of nitrogens with one attached hydrogen (secondary N) is 1. The molecular weight excluding hydrogens is 346 g/mol. The van der Waals surface area contributed by atoms with Gasteiger partial charge >= 0.3 is 5.97 Å². The van der Waals surface area contributed by atoms with Crippen LogP contribution in [0.5, 0.6) is 0 Å². The molecule has 2 aliphatic heterocycles. The molecule has 0 atom stereocenters. The Hall–Kier alpha value is -1.89. The maximum atomic E-state index is 12.9. The molecule has 1 N–H and O–H groups in total. The van der Waals surface area contributed by atoms with Crippen molar-refractivity contribution in [3.63, 3.8) is 0 Å². The van der Waals surface area contributed by atoms with Gasteiger partial charge in [-0.2, -0.15) is 0 Å². The fourth-order valence-electron chi connectivity index (χ4n) is 4.04. The van der Waals surface area contributed by atoms with Crippen molar-refractivity contribution in [1.29, 1.82) is 0 Å². The minimum absolute atomic E-state index is 0.00724. The van der Waals surface area contributed by atoms with Crippen LogP contribution in [0.15, 0.2) is 11.1 Å². The lowest BCUT2D eigenvalue weighted by Gasteiger charge is -2.39. The first kappa shape index (κ1) is 21.4. The summed E-state index contributed by atoms with van der Waals surface area (Å²) in [6.07, 6.45) is 3.10. The van der Waals surface area contributed by atoms with Crippen LogP contribution in [0.4, 0.5) is 0 Å². The molecule has 1 fully saturated rings. The molecule has 7 nitrogen and oxygen atoms in total. The number of rotatable bonds is 8. The number of ether oxygens (including phenoxy) is 1. The zero-order valence-corrected chi connectivity index (χ0v) is 17.1. The maximum Gasteiger partial charge on any atom is 0.335 e. The zero-order chi connectivity index (χ0) is 20.0. The highest BCUT2D eigenvalue weighted by atomic mass is 16.6. The van der Waals surface area contributed by atoms with Gasteiger partial charge in [-0.3, -0.25) is 9.59 Å². The highest BCUT2D eigenvalue weighted by Gasteiger charge is 2.50. The van der Waals surface area contributed by atoms with Crippen LogP contribution in [-0.4, -0.2) is 72.5 Å². The number of carbonyl (C=O) groups excluding carboxylic acids is 3. The maximum absolute atomic E-state index is 12.9. The molecule has 0 aromatic carbocycles. The van der Waals surface area contributed by atoms with Gasteiger partial charge in [-0.05, 0) is 32.9 Å². The summed E-state index contributed by atoms with van der Waals surface area (Å²) in [6.45, 7) is 11.8. The predicted molar refractivity (Wildman–Crippen MR) is 103 cm³/mol. The third kappa shape index (κ3) is 4.89. The molecule has 2 aliphatic rings. The Labute approximate surface area is 162 Å². The van der Waals surface area contributed by atoms with E-state index in [-0.39, 0.29) is 11.8 Å². The predicted octanol–water partition coefficient (Wildman–Crippen LogP) is 1.48. The van der Waals surface area contributed by atoms with E-state index >= 15 is 0 Å². The molecule has 27 heavy (non-hydrogen) atoms. The second-order valence-corrected chi connectivity index (χ2v) is 7.49. The standard InChI is InChI=1S/C20H33N3O4/c1-5-10-22(11-6-2)14-9-21-18(25)17-15(3)19(26)27-20(17)7-12-23(13-8-20)16(4)24/h5-14H2,1-4H3,(H,21,25). The van der Waals surface area contributed by atoms with Gasteiger partial charge in [-0.15, -0.1) is 0 Å². The molecule has 1 saturated heterocycles. The normalized spacial score (nSPS) is 19.0. The van der Waals surface area contributed by atoms with E-state index in [4.69, 9.17) is 4.74 Å². The number of carbonyl (C=O) groups is 3. The molecule has 0 bridgehead atoms. The van der Waals surface area contributed by atoms with Gasteiger partial charge in [0.1, 0.15) is 5.60 Å². The van der Waals surface area contributed by atoms with Crippen LogP contribution in [0.25, 0.3) is 0 Å². The van der Waals surface area contributed by atoms with E-state index in [1.54, 1.807) is 11.8 Å². The van der Waals surface area contributed by atoms with Crippen molar-refractivity contribution in [2.24, 2.45) is 0 Å². The molecule has 0 aromatic heterocycles. The summed E-state index contributed by atoms with van der Waals surface area (Å²) in [4.78, 5) is 40.7. The van der Waals surface area contributed by atoms with Gasteiger partial charge in [-0.25, -0.2) is 4.79 Å². The third-order valence-corrected chi connectivity index (χ3v) is 5.46. The lowest BCUT2D eigenvalue weighted by atomic mass is 9.82. The molecule has 2 rings (SSSR count). The van der Waals surface area contributed by atoms with E-state index < -0.39 is 11.6 Å². The summed E-state index contributed by atoms with van der Waals surface area (Å²) in [7, 11) is 0. The van der Waals surface area contributed by atoms with Crippen LogP contribution in [0.3, 0.4) is 0 Å². The first-order chi connectivity index (χ1) is 12.8. The average molecular weight is 380 g/mol. The lowest BCUT2D eigenvalue weighted by Crippen LogP contribution is -2.50. The first-order valence-corrected chi connectivity index (χ1v) is 10.1. The highest BCUT2D eigenvalue weighted by molar-refractivity contribution is 6.07. The molecule has 1 spiro atoms. The van der Waals surface area contributed by atoms with E-state index in [1.165, 1.54) is 6.92 Å². The number of hydrogen-bond donors (Lipinski definition) is 1. The Balaban J connectivity index is 2.02. The van der Waals surface area contributed by atoms with E-state index in [2.05, 4.69) is 24.1 Å². The quantitative estimate of drug-likeness (QED) is 0.646. The average Bonchev–Trinajstić information content (AvgIpc) is 2.85. The van der Waals surface area contributed by atoms with Crippen LogP contribution < -0.4 is 5.32 Å². The van der Waals surface area contributed by atoms with E-state index in [0.717, 1.165) is 32.5 Å². The Kier molecular flexibility index (Phi) is 7.41. The number of nitrogens with zero attached hydrogens (tertiary/aromatic N) is 2. The summed E-state index contributed by atoms with van der Waals surface area (Å²) in [5, 5.41) is 2.98. The van der Waals surface area contributed by atoms with Gasteiger partial charge in [0.05, 0.1) is 5.57 Å². The van der Waals surface area contributed by atoms with Gasteiger partial charge in [0, 0.05) is 51.5 Å². The second kappa shape index (κ2) is 9.35. The summed E-state index contributed by atoms with van der Waals surface area (Å²) in [6, 6.07) is 0. The number of amides is 2. The zero-order valence-electron chi connectivity index (χ0n) is 17.1. The fourth-order valence-corrected chi connectivity index (χ4v) is 4.04. The van der Waals surface area contributed by atoms with Crippen LogP contribution in [0.2, 0.25) is 0 Å². The highest BCUT2D eigenvalue weighted by Crippen LogP contribution is 2.41.